The number of likely N-dealkylation sites (tertiary alicyclic amines) is 1. The molecule has 1 saturated heterocycles. The van der Waals surface area contributed by atoms with E-state index < -0.39 is 0 Å². The molecule has 38 heavy (non-hydrogen) atoms. The maximum Gasteiger partial charge on any atom is 0.247 e. The fourth-order valence-corrected chi connectivity index (χ4v) is 5.08. The Bertz CT molecular complexity index is 1590. The SMILES string of the molecule is C=CC(=O)Nc1cc2c(Nc3ccc(Oc4ccccc4)cc3)ncnc2cc1C#C[C@@]12C[C@@H]1CN(C)C2. The maximum atomic E-state index is 12.2. The van der Waals surface area contributed by atoms with E-state index in [0.29, 0.717) is 17.4 Å². The molecule has 6 rings (SSSR count). The molecule has 2 aliphatic rings. The number of amides is 1. The third-order valence-corrected chi connectivity index (χ3v) is 7.08. The number of hydrogen-bond donors (Lipinski definition) is 2. The lowest BCUT2D eigenvalue weighted by Crippen LogP contribution is -2.19. The van der Waals surface area contributed by atoms with Crippen LogP contribution in [0.25, 0.3) is 10.9 Å². The molecule has 7 heteroatoms. The maximum absolute atomic E-state index is 12.2. The van der Waals surface area contributed by atoms with Crippen LogP contribution in [0.4, 0.5) is 17.2 Å². The Labute approximate surface area is 221 Å². The average molecular weight is 502 g/mol. The second-order valence-electron chi connectivity index (χ2n) is 9.90. The number of nitrogens with one attached hydrogen (secondary N) is 2. The lowest BCUT2D eigenvalue weighted by molar-refractivity contribution is -0.111. The molecule has 2 fully saturated rings. The second kappa shape index (κ2) is 9.66. The Balaban J connectivity index is 1.29. The fourth-order valence-electron chi connectivity index (χ4n) is 5.08. The highest BCUT2D eigenvalue weighted by Crippen LogP contribution is 2.56. The molecular weight excluding hydrogens is 474 g/mol. The molecule has 0 spiro atoms. The lowest BCUT2D eigenvalue weighted by Gasteiger charge is -2.13. The first-order valence-corrected chi connectivity index (χ1v) is 12.6. The highest BCUT2D eigenvalue weighted by molar-refractivity contribution is 6.03. The molecule has 0 unspecified atom stereocenters. The van der Waals surface area contributed by atoms with Gasteiger partial charge in [0.2, 0.25) is 5.91 Å². The van der Waals surface area contributed by atoms with Crippen LogP contribution in [0, 0.1) is 23.2 Å². The van der Waals surface area contributed by atoms with Gasteiger partial charge in [0.15, 0.2) is 0 Å². The van der Waals surface area contributed by atoms with Gasteiger partial charge in [-0.15, -0.1) is 0 Å². The molecule has 0 radical (unpaired) electrons. The average Bonchev–Trinajstić information content (AvgIpc) is 3.49. The Hall–Kier alpha value is -4.67. The molecule has 1 amide bonds. The minimum Gasteiger partial charge on any atom is -0.457 e. The van der Waals surface area contributed by atoms with Crippen molar-refractivity contribution in [1.29, 1.82) is 0 Å². The van der Waals surface area contributed by atoms with Gasteiger partial charge in [0, 0.05) is 29.6 Å². The Kier molecular flexibility index (Phi) is 6.02. The molecule has 1 saturated carbocycles. The summed E-state index contributed by atoms with van der Waals surface area (Å²) in [4.78, 5) is 23.5. The standard InChI is InChI=1S/C31H27N5O2/c1-3-29(37)35-27-16-26-28(15-21(27)13-14-31-17-22(31)18-36(2)19-31)32-20-33-30(26)34-23-9-11-25(12-10-23)38-24-7-5-4-6-8-24/h3-12,15-16,20,22H,1,17-19H2,2H3,(H,35,37)(H,32,33,34)/t22-,31+/m1/s1. The summed E-state index contributed by atoms with van der Waals surface area (Å²) in [6, 6.07) is 21.1. The van der Waals surface area contributed by atoms with E-state index in [1.54, 1.807) is 0 Å². The third kappa shape index (κ3) is 4.82. The first kappa shape index (κ1) is 23.7. The zero-order chi connectivity index (χ0) is 26.1. The van der Waals surface area contributed by atoms with Crippen LogP contribution in [-0.2, 0) is 4.79 Å². The molecule has 4 aromatic rings. The lowest BCUT2D eigenvalue weighted by atomic mass is 10.0. The number of nitrogens with zero attached hydrogens (tertiary/aromatic N) is 3. The highest BCUT2D eigenvalue weighted by Gasteiger charge is 2.58. The summed E-state index contributed by atoms with van der Waals surface area (Å²) in [6.45, 7) is 5.67. The van der Waals surface area contributed by atoms with Crippen molar-refractivity contribution >= 4 is 34.0 Å². The molecule has 3 aromatic carbocycles. The van der Waals surface area contributed by atoms with Crippen molar-refractivity contribution in [2.75, 3.05) is 30.8 Å². The van der Waals surface area contributed by atoms with Gasteiger partial charge in [-0.1, -0.05) is 36.6 Å². The number of hydrogen-bond acceptors (Lipinski definition) is 6. The van der Waals surface area contributed by atoms with Crippen LogP contribution >= 0.6 is 0 Å². The fraction of sp³-hybridized carbons (Fsp3) is 0.194. The summed E-state index contributed by atoms with van der Waals surface area (Å²) in [7, 11) is 2.14. The number of piperidine rings is 1. The Morgan fingerprint density at radius 1 is 1.13 bits per heavy atom. The van der Waals surface area contributed by atoms with Crippen LogP contribution in [0.5, 0.6) is 11.5 Å². The van der Waals surface area contributed by atoms with Crippen LogP contribution in [-0.4, -0.2) is 40.9 Å². The van der Waals surface area contributed by atoms with Crippen molar-refractivity contribution in [2.45, 2.75) is 6.42 Å². The number of carbonyl (C=O) groups excluding carboxylic acids is 1. The predicted octanol–water partition coefficient (Wildman–Crippen LogP) is 5.59. The van der Waals surface area contributed by atoms with Gasteiger partial charge >= 0.3 is 0 Å². The predicted molar refractivity (Wildman–Crippen MR) is 150 cm³/mol. The molecule has 1 aliphatic heterocycles. The molecule has 0 bridgehead atoms. The number of anilines is 3. The molecule has 2 atom stereocenters. The minimum absolute atomic E-state index is 0.0677. The van der Waals surface area contributed by atoms with E-state index in [9.17, 15) is 4.79 Å². The van der Waals surface area contributed by atoms with Gasteiger partial charge in [-0.25, -0.2) is 9.97 Å². The number of aromatic nitrogens is 2. The van der Waals surface area contributed by atoms with E-state index in [0.717, 1.165) is 53.2 Å². The number of para-hydroxylation sites is 1. The summed E-state index contributed by atoms with van der Waals surface area (Å²) in [5, 5.41) is 7.05. The minimum atomic E-state index is -0.296. The van der Waals surface area contributed by atoms with E-state index in [-0.39, 0.29) is 11.3 Å². The van der Waals surface area contributed by atoms with Crippen molar-refractivity contribution in [1.82, 2.24) is 14.9 Å². The van der Waals surface area contributed by atoms with Gasteiger partial charge in [0.05, 0.1) is 16.8 Å². The highest BCUT2D eigenvalue weighted by atomic mass is 16.5. The second-order valence-corrected chi connectivity index (χ2v) is 9.90. The number of fused-ring (bicyclic) bond motifs is 2. The summed E-state index contributed by atoms with van der Waals surface area (Å²) in [5.41, 5.74) is 2.99. The molecular formula is C31H27N5O2. The van der Waals surface area contributed by atoms with Crippen molar-refractivity contribution in [2.24, 2.45) is 11.3 Å². The van der Waals surface area contributed by atoms with Gasteiger partial charge in [-0.2, -0.15) is 0 Å². The van der Waals surface area contributed by atoms with Gasteiger partial charge in [0.1, 0.15) is 23.6 Å². The van der Waals surface area contributed by atoms with Gasteiger partial charge in [-0.05, 0) is 74.0 Å². The smallest absolute Gasteiger partial charge is 0.247 e. The zero-order valence-corrected chi connectivity index (χ0v) is 21.1. The van der Waals surface area contributed by atoms with Crippen LogP contribution in [0.1, 0.15) is 12.0 Å². The monoisotopic (exact) mass is 501 g/mol. The van der Waals surface area contributed by atoms with Crippen LogP contribution in [0.15, 0.2) is 85.7 Å². The summed E-state index contributed by atoms with van der Waals surface area (Å²) in [5.74, 6) is 9.34. The van der Waals surface area contributed by atoms with E-state index >= 15 is 0 Å². The van der Waals surface area contributed by atoms with Gasteiger partial charge in [-0.3, -0.25) is 4.79 Å². The largest absolute Gasteiger partial charge is 0.457 e. The summed E-state index contributed by atoms with van der Waals surface area (Å²) in [6.07, 6.45) is 3.92. The first-order chi connectivity index (χ1) is 18.5. The van der Waals surface area contributed by atoms with Crippen molar-refractivity contribution in [3.05, 3.63) is 91.3 Å². The molecule has 1 aliphatic carbocycles. The molecule has 1 aromatic heterocycles. The third-order valence-electron chi connectivity index (χ3n) is 7.08. The number of ether oxygens (including phenoxy) is 1. The van der Waals surface area contributed by atoms with E-state index in [1.807, 2.05) is 66.7 Å². The number of carbonyl (C=O) groups is 1. The Morgan fingerprint density at radius 3 is 2.66 bits per heavy atom. The van der Waals surface area contributed by atoms with Gasteiger partial charge in [0.25, 0.3) is 0 Å². The van der Waals surface area contributed by atoms with Gasteiger partial charge < -0.3 is 20.3 Å². The van der Waals surface area contributed by atoms with Crippen molar-refractivity contribution in [3.63, 3.8) is 0 Å². The molecule has 7 nitrogen and oxygen atoms in total. The van der Waals surface area contributed by atoms with E-state index in [1.165, 1.54) is 12.4 Å². The normalized spacial score (nSPS) is 19.7. The molecule has 2 N–H and O–H groups in total. The first-order valence-electron chi connectivity index (χ1n) is 12.6. The van der Waals surface area contributed by atoms with E-state index in [4.69, 9.17) is 4.74 Å². The molecule has 2 heterocycles. The van der Waals surface area contributed by atoms with Crippen LogP contribution < -0.4 is 15.4 Å². The number of benzene rings is 3. The van der Waals surface area contributed by atoms with Crippen molar-refractivity contribution < 1.29 is 9.53 Å². The number of rotatable bonds is 6. The van der Waals surface area contributed by atoms with Crippen molar-refractivity contribution in [3.8, 4) is 23.3 Å². The molecule has 188 valence electrons. The topological polar surface area (TPSA) is 79.4 Å². The van der Waals surface area contributed by atoms with Crippen LogP contribution in [0.2, 0.25) is 0 Å². The zero-order valence-electron chi connectivity index (χ0n) is 21.1. The van der Waals surface area contributed by atoms with E-state index in [2.05, 4.69) is 51.0 Å². The van der Waals surface area contributed by atoms with Crippen LogP contribution in [0.3, 0.4) is 0 Å². The summed E-state index contributed by atoms with van der Waals surface area (Å²) >= 11 is 0. The summed E-state index contributed by atoms with van der Waals surface area (Å²) < 4.78 is 5.89. The Morgan fingerprint density at radius 2 is 1.92 bits per heavy atom. The quantitative estimate of drug-likeness (QED) is 0.265.